The third-order valence-electron chi connectivity index (χ3n) is 3.12. The molecule has 2 atom stereocenters. The van der Waals surface area contributed by atoms with Crippen LogP contribution in [0.25, 0.3) is 0 Å². The average molecular weight is 252 g/mol. The Kier molecular flexibility index (Phi) is 3.74. The molecule has 0 saturated carbocycles. The monoisotopic (exact) mass is 252 g/mol. The van der Waals surface area contributed by atoms with Gasteiger partial charge < -0.3 is 10.6 Å². The summed E-state index contributed by atoms with van der Waals surface area (Å²) in [6.07, 6.45) is 4.27. The zero-order valence-electron chi connectivity index (χ0n) is 10.6. The summed E-state index contributed by atoms with van der Waals surface area (Å²) in [5.74, 6) is 0.519. The van der Waals surface area contributed by atoms with Crippen LogP contribution in [0.4, 0.5) is 0 Å². The molecular weight excluding hydrogens is 232 g/mol. The Morgan fingerprint density at radius 2 is 2.35 bits per heavy atom. The predicted molar refractivity (Wildman–Crippen MR) is 71.4 cm³/mol. The Labute approximate surface area is 107 Å². The van der Waals surface area contributed by atoms with Crippen molar-refractivity contribution in [2.75, 3.05) is 0 Å². The van der Waals surface area contributed by atoms with Crippen LogP contribution >= 0.6 is 11.3 Å². The van der Waals surface area contributed by atoms with Crippen molar-refractivity contribution in [3.8, 4) is 0 Å². The molecule has 0 fully saturated rings. The molecule has 0 aliphatic carbocycles. The van der Waals surface area contributed by atoms with Crippen molar-refractivity contribution in [2.24, 2.45) is 5.73 Å². The zero-order chi connectivity index (χ0) is 12.4. The van der Waals surface area contributed by atoms with Crippen molar-refractivity contribution in [1.82, 2.24) is 5.06 Å². The molecule has 2 heterocycles. The molecular formula is C13H20N2OS. The molecule has 1 aromatic rings. The first-order chi connectivity index (χ1) is 8.13. The number of hydrogen-bond donors (Lipinski definition) is 1. The molecule has 94 valence electrons. The van der Waals surface area contributed by atoms with Gasteiger partial charge >= 0.3 is 0 Å². The van der Waals surface area contributed by atoms with Gasteiger partial charge in [-0.15, -0.1) is 16.4 Å². The largest absolute Gasteiger partial charge is 0.387 e. The van der Waals surface area contributed by atoms with Crippen LogP contribution in [0.2, 0.25) is 0 Å². The molecule has 0 radical (unpaired) electrons. The molecule has 0 aromatic carbocycles. The van der Waals surface area contributed by atoms with E-state index in [4.69, 9.17) is 10.6 Å². The maximum atomic E-state index is 5.81. The molecule has 2 unspecified atom stereocenters. The molecule has 1 aromatic heterocycles. The van der Waals surface area contributed by atoms with Gasteiger partial charge in [-0.25, -0.2) is 0 Å². The normalized spacial score (nSPS) is 22.3. The quantitative estimate of drug-likeness (QED) is 0.893. The fourth-order valence-electron chi connectivity index (χ4n) is 2.23. The predicted octanol–water partition coefficient (Wildman–Crippen LogP) is 3.33. The Morgan fingerprint density at radius 3 is 2.94 bits per heavy atom. The van der Waals surface area contributed by atoms with E-state index in [2.05, 4.69) is 32.2 Å². The molecule has 0 spiro atoms. The maximum Gasteiger partial charge on any atom is 0.207 e. The Morgan fingerprint density at radius 1 is 1.59 bits per heavy atom. The minimum atomic E-state index is 0.177. The fraction of sp³-hybridized carbons (Fsp3) is 0.538. The zero-order valence-corrected chi connectivity index (χ0v) is 11.5. The SMILES string of the molecule is CCCC(C)N1OC(N)=CC1c1sccc1C. The van der Waals surface area contributed by atoms with Crippen molar-refractivity contribution >= 4 is 11.3 Å². The van der Waals surface area contributed by atoms with Gasteiger partial charge in [-0.1, -0.05) is 13.3 Å². The highest BCUT2D eigenvalue weighted by Crippen LogP contribution is 2.36. The second kappa shape index (κ2) is 5.10. The summed E-state index contributed by atoms with van der Waals surface area (Å²) >= 11 is 1.77. The third kappa shape index (κ3) is 2.48. The Hall–Kier alpha value is -1.00. The van der Waals surface area contributed by atoms with Crippen molar-refractivity contribution in [1.29, 1.82) is 0 Å². The number of rotatable bonds is 4. The molecule has 1 aliphatic rings. The summed E-state index contributed by atoms with van der Waals surface area (Å²) in [5, 5.41) is 4.15. The van der Waals surface area contributed by atoms with E-state index < -0.39 is 0 Å². The van der Waals surface area contributed by atoms with Gasteiger partial charge in [-0.2, -0.15) is 0 Å². The van der Waals surface area contributed by atoms with Gasteiger partial charge in [0.1, 0.15) is 6.04 Å². The number of hydroxylamine groups is 2. The standard InChI is InChI=1S/C13H20N2OS/c1-4-5-10(3)15-11(8-12(14)16-15)13-9(2)6-7-17-13/h6-8,10-11H,4-5,14H2,1-3H3. The van der Waals surface area contributed by atoms with E-state index in [1.807, 2.05) is 11.1 Å². The number of hydrogen-bond acceptors (Lipinski definition) is 4. The van der Waals surface area contributed by atoms with Crippen molar-refractivity contribution < 1.29 is 4.84 Å². The van der Waals surface area contributed by atoms with Gasteiger partial charge in [0.15, 0.2) is 0 Å². The second-order valence-corrected chi connectivity index (χ2v) is 5.52. The first-order valence-corrected chi connectivity index (χ1v) is 6.99. The molecule has 0 bridgehead atoms. The minimum absolute atomic E-state index is 0.177. The second-order valence-electron chi connectivity index (χ2n) is 4.57. The summed E-state index contributed by atoms with van der Waals surface area (Å²) in [5.41, 5.74) is 7.12. The number of aryl methyl sites for hydroxylation is 1. The highest BCUT2D eigenvalue weighted by Gasteiger charge is 2.32. The van der Waals surface area contributed by atoms with Crippen LogP contribution in [-0.4, -0.2) is 11.1 Å². The molecule has 1 aliphatic heterocycles. The smallest absolute Gasteiger partial charge is 0.207 e. The van der Waals surface area contributed by atoms with Gasteiger partial charge in [-0.3, -0.25) is 0 Å². The fourth-order valence-corrected chi connectivity index (χ4v) is 3.21. The number of nitrogens with zero attached hydrogens (tertiary/aromatic N) is 1. The van der Waals surface area contributed by atoms with E-state index in [1.54, 1.807) is 11.3 Å². The molecule has 2 rings (SSSR count). The lowest BCUT2D eigenvalue weighted by Crippen LogP contribution is -2.32. The maximum absolute atomic E-state index is 5.81. The van der Waals surface area contributed by atoms with Crippen LogP contribution < -0.4 is 5.73 Å². The molecule has 0 saturated heterocycles. The van der Waals surface area contributed by atoms with Gasteiger partial charge in [0.05, 0.1) is 0 Å². The summed E-state index contributed by atoms with van der Waals surface area (Å²) in [6.45, 7) is 6.51. The molecule has 3 nitrogen and oxygen atoms in total. The lowest BCUT2D eigenvalue weighted by molar-refractivity contribution is -0.148. The van der Waals surface area contributed by atoms with E-state index in [0.717, 1.165) is 12.8 Å². The van der Waals surface area contributed by atoms with Crippen LogP contribution in [0.1, 0.15) is 43.2 Å². The first-order valence-electron chi connectivity index (χ1n) is 6.11. The van der Waals surface area contributed by atoms with E-state index in [0.29, 0.717) is 11.9 Å². The van der Waals surface area contributed by atoms with E-state index >= 15 is 0 Å². The molecule has 0 amide bonds. The van der Waals surface area contributed by atoms with E-state index in [-0.39, 0.29) is 6.04 Å². The van der Waals surface area contributed by atoms with Crippen LogP contribution in [0.15, 0.2) is 23.4 Å². The number of thiophene rings is 1. The van der Waals surface area contributed by atoms with Crippen LogP contribution in [0, 0.1) is 6.92 Å². The Bertz CT molecular complexity index is 413. The van der Waals surface area contributed by atoms with Crippen molar-refractivity contribution in [3.63, 3.8) is 0 Å². The average Bonchev–Trinajstić information content (AvgIpc) is 2.84. The summed E-state index contributed by atoms with van der Waals surface area (Å²) in [6, 6.07) is 2.70. The van der Waals surface area contributed by atoms with Gasteiger partial charge in [0.2, 0.25) is 5.88 Å². The van der Waals surface area contributed by atoms with E-state index in [1.165, 1.54) is 10.4 Å². The van der Waals surface area contributed by atoms with Crippen LogP contribution in [-0.2, 0) is 4.84 Å². The van der Waals surface area contributed by atoms with Gasteiger partial charge in [-0.05, 0) is 37.3 Å². The van der Waals surface area contributed by atoms with E-state index in [9.17, 15) is 0 Å². The highest BCUT2D eigenvalue weighted by molar-refractivity contribution is 7.10. The Balaban J connectivity index is 2.21. The minimum Gasteiger partial charge on any atom is -0.387 e. The topological polar surface area (TPSA) is 38.5 Å². The van der Waals surface area contributed by atoms with Gasteiger partial charge in [0.25, 0.3) is 0 Å². The molecule has 4 heteroatoms. The summed E-state index contributed by atoms with van der Waals surface area (Å²) < 4.78 is 0. The summed E-state index contributed by atoms with van der Waals surface area (Å²) in [4.78, 5) is 6.97. The highest BCUT2D eigenvalue weighted by atomic mass is 32.1. The van der Waals surface area contributed by atoms with Gasteiger partial charge in [0, 0.05) is 17.0 Å². The molecule has 2 N–H and O–H groups in total. The molecule has 17 heavy (non-hydrogen) atoms. The van der Waals surface area contributed by atoms with Crippen molar-refractivity contribution in [2.45, 2.75) is 45.7 Å². The van der Waals surface area contributed by atoms with Crippen LogP contribution in [0.3, 0.4) is 0 Å². The number of nitrogens with two attached hydrogens (primary N) is 1. The van der Waals surface area contributed by atoms with Crippen LogP contribution in [0.5, 0.6) is 0 Å². The lowest BCUT2D eigenvalue weighted by Gasteiger charge is -2.28. The lowest BCUT2D eigenvalue weighted by atomic mass is 10.1. The first kappa shape index (κ1) is 12.5. The van der Waals surface area contributed by atoms with Crippen molar-refractivity contribution in [3.05, 3.63) is 33.8 Å². The third-order valence-corrected chi connectivity index (χ3v) is 4.21. The summed E-state index contributed by atoms with van der Waals surface area (Å²) in [7, 11) is 0.